The number of rotatable bonds is 5. The van der Waals surface area contributed by atoms with Crippen LogP contribution < -0.4 is 5.32 Å². The lowest BCUT2D eigenvalue weighted by Gasteiger charge is -2.25. The third kappa shape index (κ3) is 3.55. The molecule has 0 saturated carbocycles. The predicted octanol–water partition coefficient (Wildman–Crippen LogP) is 1.28. The lowest BCUT2D eigenvalue weighted by Crippen LogP contribution is -2.50. The van der Waals surface area contributed by atoms with Crippen molar-refractivity contribution in [3.05, 3.63) is 35.9 Å². The Balaban J connectivity index is 1.94. The van der Waals surface area contributed by atoms with Crippen molar-refractivity contribution < 1.29 is 14.6 Å². The Labute approximate surface area is 113 Å². The number of carbonyl (C=O) groups excluding carboxylic acids is 1. The summed E-state index contributed by atoms with van der Waals surface area (Å²) in [6.07, 6.45) is 2.27. The molecule has 4 heteroatoms. The summed E-state index contributed by atoms with van der Waals surface area (Å²) in [7, 11) is 0. The van der Waals surface area contributed by atoms with E-state index in [-0.39, 0.29) is 18.6 Å². The predicted molar refractivity (Wildman–Crippen MR) is 72.8 cm³/mol. The second-order valence-corrected chi connectivity index (χ2v) is 5.23. The minimum Gasteiger partial charge on any atom is -0.394 e. The number of amides is 1. The van der Waals surface area contributed by atoms with E-state index in [1.54, 1.807) is 0 Å². The van der Waals surface area contributed by atoms with Crippen LogP contribution in [0.15, 0.2) is 30.3 Å². The molecule has 2 unspecified atom stereocenters. The molecule has 2 atom stereocenters. The number of aliphatic hydroxyl groups excluding tert-OH is 1. The summed E-state index contributed by atoms with van der Waals surface area (Å²) in [5, 5.41) is 12.3. The van der Waals surface area contributed by atoms with Crippen LogP contribution in [0.25, 0.3) is 0 Å². The van der Waals surface area contributed by atoms with Gasteiger partial charge in [0.1, 0.15) is 5.60 Å². The number of carbonyl (C=O) groups is 1. The van der Waals surface area contributed by atoms with Gasteiger partial charge < -0.3 is 15.2 Å². The third-order valence-corrected chi connectivity index (χ3v) is 3.58. The van der Waals surface area contributed by atoms with Gasteiger partial charge >= 0.3 is 0 Å². The summed E-state index contributed by atoms with van der Waals surface area (Å²) < 4.78 is 5.50. The van der Waals surface area contributed by atoms with Gasteiger partial charge in [-0.05, 0) is 31.7 Å². The average Bonchev–Trinajstić information content (AvgIpc) is 2.87. The topological polar surface area (TPSA) is 58.6 Å². The van der Waals surface area contributed by atoms with Gasteiger partial charge in [0.2, 0.25) is 0 Å². The Kier molecular flexibility index (Phi) is 4.56. The van der Waals surface area contributed by atoms with Crippen molar-refractivity contribution in [2.75, 3.05) is 13.2 Å². The fourth-order valence-electron chi connectivity index (χ4n) is 2.36. The summed E-state index contributed by atoms with van der Waals surface area (Å²) in [6.45, 7) is 2.37. The van der Waals surface area contributed by atoms with Crippen LogP contribution in [0.3, 0.4) is 0 Å². The van der Waals surface area contributed by atoms with Crippen molar-refractivity contribution >= 4 is 5.91 Å². The molecule has 1 heterocycles. The van der Waals surface area contributed by atoms with Crippen LogP contribution in [-0.4, -0.2) is 35.9 Å². The normalized spacial score (nSPS) is 24.1. The molecule has 1 aliphatic heterocycles. The molecule has 0 spiro atoms. The lowest BCUT2D eigenvalue weighted by molar-refractivity contribution is -0.140. The first-order valence-corrected chi connectivity index (χ1v) is 6.74. The Morgan fingerprint density at radius 3 is 2.79 bits per heavy atom. The number of hydrogen-bond donors (Lipinski definition) is 2. The van der Waals surface area contributed by atoms with E-state index in [1.165, 1.54) is 0 Å². The minimum absolute atomic E-state index is 0.0727. The van der Waals surface area contributed by atoms with Gasteiger partial charge in [-0.3, -0.25) is 4.79 Å². The molecule has 0 bridgehead atoms. The highest BCUT2D eigenvalue weighted by Gasteiger charge is 2.38. The van der Waals surface area contributed by atoms with E-state index >= 15 is 0 Å². The van der Waals surface area contributed by atoms with E-state index in [9.17, 15) is 9.90 Å². The maximum absolute atomic E-state index is 12.2. The Bertz CT molecular complexity index is 413. The molecule has 1 amide bonds. The first-order chi connectivity index (χ1) is 9.14. The maximum atomic E-state index is 12.2. The lowest BCUT2D eigenvalue weighted by atomic mass is 10.00. The number of aliphatic hydroxyl groups is 1. The van der Waals surface area contributed by atoms with E-state index < -0.39 is 5.60 Å². The number of nitrogens with one attached hydrogen (secondary N) is 1. The fourth-order valence-corrected chi connectivity index (χ4v) is 2.36. The molecule has 0 aromatic heterocycles. The summed E-state index contributed by atoms with van der Waals surface area (Å²) in [6, 6.07) is 9.56. The van der Waals surface area contributed by atoms with Gasteiger partial charge in [0.25, 0.3) is 5.91 Å². The van der Waals surface area contributed by atoms with Crippen LogP contribution in [-0.2, 0) is 16.0 Å². The molecule has 2 rings (SSSR count). The molecule has 1 aromatic rings. The highest BCUT2D eigenvalue weighted by molar-refractivity contribution is 5.85. The molecular formula is C15H21NO3. The molecule has 19 heavy (non-hydrogen) atoms. The summed E-state index contributed by atoms with van der Waals surface area (Å²) in [5.41, 5.74) is 0.365. The molecule has 1 saturated heterocycles. The van der Waals surface area contributed by atoms with Crippen molar-refractivity contribution in [3.63, 3.8) is 0 Å². The van der Waals surface area contributed by atoms with E-state index in [4.69, 9.17) is 4.74 Å². The monoisotopic (exact) mass is 263 g/mol. The largest absolute Gasteiger partial charge is 0.394 e. The first-order valence-electron chi connectivity index (χ1n) is 6.74. The molecule has 2 N–H and O–H groups in total. The summed E-state index contributed by atoms with van der Waals surface area (Å²) in [5.74, 6) is -0.125. The minimum atomic E-state index is -0.732. The standard InChI is InChI=1S/C15H21NO3/c1-15(8-5-9-19-15)14(18)16-13(11-17)10-12-6-3-2-4-7-12/h2-4,6-7,13,17H,5,8-11H2,1H3,(H,16,18). The molecule has 1 fully saturated rings. The van der Waals surface area contributed by atoms with Crippen molar-refractivity contribution in [3.8, 4) is 0 Å². The maximum Gasteiger partial charge on any atom is 0.252 e. The molecular weight excluding hydrogens is 242 g/mol. The summed E-state index contributed by atoms with van der Waals surface area (Å²) in [4.78, 5) is 12.2. The highest BCUT2D eigenvalue weighted by Crippen LogP contribution is 2.25. The SMILES string of the molecule is CC1(C(=O)NC(CO)Cc2ccccc2)CCCO1. The molecule has 0 aliphatic carbocycles. The van der Waals surface area contributed by atoms with Crippen molar-refractivity contribution in [2.24, 2.45) is 0 Å². The molecule has 1 aromatic carbocycles. The van der Waals surface area contributed by atoms with Gasteiger partial charge in [-0.25, -0.2) is 0 Å². The van der Waals surface area contributed by atoms with E-state index in [0.717, 1.165) is 18.4 Å². The van der Waals surface area contributed by atoms with Crippen LogP contribution in [0, 0.1) is 0 Å². The van der Waals surface area contributed by atoms with Crippen LogP contribution in [0.2, 0.25) is 0 Å². The molecule has 4 nitrogen and oxygen atoms in total. The van der Waals surface area contributed by atoms with Crippen LogP contribution in [0.4, 0.5) is 0 Å². The van der Waals surface area contributed by atoms with E-state index in [1.807, 2.05) is 37.3 Å². The number of benzene rings is 1. The van der Waals surface area contributed by atoms with E-state index in [2.05, 4.69) is 5.32 Å². The zero-order chi connectivity index (χ0) is 13.7. The fraction of sp³-hybridized carbons (Fsp3) is 0.533. The quantitative estimate of drug-likeness (QED) is 0.841. The second kappa shape index (κ2) is 6.17. The number of ether oxygens (including phenoxy) is 1. The molecule has 104 valence electrons. The van der Waals surface area contributed by atoms with Gasteiger partial charge in [-0.1, -0.05) is 30.3 Å². The van der Waals surface area contributed by atoms with Crippen LogP contribution in [0.5, 0.6) is 0 Å². The van der Waals surface area contributed by atoms with E-state index in [0.29, 0.717) is 13.0 Å². The zero-order valence-corrected chi connectivity index (χ0v) is 11.3. The molecule has 1 aliphatic rings. The van der Waals surface area contributed by atoms with Gasteiger partial charge in [0, 0.05) is 6.61 Å². The van der Waals surface area contributed by atoms with Crippen molar-refractivity contribution in [1.29, 1.82) is 0 Å². The average molecular weight is 263 g/mol. The van der Waals surface area contributed by atoms with Gasteiger partial charge in [0.05, 0.1) is 12.6 Å². The Morgan fingerprint density at radius 2 is 2.21 bits per heavy atom. The highest BCUT2D eigenvalue weighted by atomic mass is 16.5. The molecule has 0 radical (unpaired) electrons. The zero-order valence-electron chi connectivity index (χ0n) is 11.3. The smallest absolute Gasteiger partial charge is 0.252 e. The van der Waals surface area contributed by atoms with Gasteiger partial charge in [-0.2, -0.15) is 0 Å². The van der Waals surface area contributed by atoms with Crippen LogP contribution >= 0.6 is 0 Å². The van der Waals surface area contributed by atoms with Crippen molar-refractivity contribution in [2.45, 2.75) is 37.8 Å². The number of hydrogen-bond acceptors (Lipinski definition) is 3. The van der Waals surface area contributed by atoms with Crippen LogP contribution in [0.1, 0.15) is 25.3 Å². The first kappa shape index (κ1) is 14.0. The van der Waals surface area contributed by atoms with Crippen molar-refractivity contribution in [1.82, 2.24) is 5.32 Å². The third-order valence-electron chi connectivity index (χ3n) is 3.58. The second-order valence-electron chi connectivity index (χ2n) is 5.23. The van der Waals surface area contributed by atoms with Gasteiger partial charge in [-0.15, -0.1) is 0 Å². The van der Waals surface area contributed by atoms with Gasteiger partial charge in [0.15, 0.2) is 0 Å². The Hall–Kier alpha value is -1.39. The Morgan fingerprint density at radius 1 is 1.47 bits per heavy atom. The summed E-state index contributed by atoms with van der Waals surface area (Å²) >= 11 is 0.